The van der Waals surface area contributed by atoms with E-state index in [2.05, 4.69) is 16.0 Å². The van der Waals surface area contributed by atoms with Crippen molar-refractivity contribution in [1.82, 2.24) is 9.97 Å². The van der Waals surface area contributed by atoms with Crippen molar-refractivity contribution in [3.05, 3.63) is 129 Å². The average molecular weight is 664 g/mol. The van der Waals surface area contributed by atoms with E-state index in [0.717, 1.165) is 11.5 Å². The molecule has 1 aliphatic heterocycles. The second-order valence-corrected chi connectivity index (χ2v) is 13.0. The Morgan fingerprint density at radius 1 is 1.02 bits per heavy atom. The monoisotopic (exact) mass is 663 g/mol. The molecule has 5 aromatic rings. The Labute approximate surface area is 279 Å². The van der Waals surface area contributed by atoms with Gasteiger partial charge in [-0.2, -0.15) is 5.26 Å². The number of hydrogen-bond acceptors (Lipinski definition) is 7. The first-order valence-electron chi connectivity index (χ1n) is 15.5. The third-order valence-corrected chi connectivity index (χ3v) is 10.2. The van der Waals surface area contributed by atoms with Crippen molar-refractivity contribution in [2.45, 2.75) is 42.0 Å². The van der Waals surface area contributed by atoms with Gasteiger partial charge in [0.1, 0.15) is 10.9 Å². The predicted molar refractivity (Wildman–Crippen MR) is 175 cm³/mol. The molecule has 3 heterocycles. The summed E-state index contributed by atoms with van der Waals surface area (Å²) in [5, 5.41) is 36.9. The quantitative estimate of drug-likeness (QED) is 0.240. The highest BCUT2D eigenvalue weighted by Gasteiger charge is 2.77. The number of ether oxygens (including phenoxy) is 2. The Kier molecular flexibility index (Phi) is 6.87. The molecule has 3 aliphatic rings. The minimum Gasteiger partial charge on any atom is -0.481 e. The van der Waals surface area contributed by atoms with Crippen molar-refractivity contribution in [1.29, 1.82) is 5.26 Å². The van der Waals surface area contributed by atoms with E-state index in [0.29, 0.717) is 33.0 Å². The lowest BCUT2D eigenvalue weighted by atomic mass is 9.70. The number of nitrogens with zero attached hydrogens (tertiary/aromatic N) is 3. The Hall–Kier alpha value is -4.88. The highest BCUT2D eigenvalue weighted by Crippen LogP contribution is 2.70. The van der Waals surface area contributed by atoms with Gasteiger partial charge in [0.05, 0.1) is 41.3 Å². The molecule has 0 spiro atoms. The van der Waals surface area contributed by atoms with Gasteiger partial charge in [0.2, 0.25) is 5.88 Å². The number of halogens is 3. The van der Waals surface area contributed by atoms with Crippen LogP contribution >= 0.6 is 11.6 Å². The summed E-state index contributed by atoms with van der Waals surface area (Å²) in [7, 11) is 1.38. The first-order chi connectivity index (χ1) is 23.1. The van der Waals surface area contributed by atoms with Gasteiger partial charge in [0.25, 0.3) is 5.92 Å². The molecule has 3 aromatic carbocycles. The zero-order valence-corrected chi connectivity index (χ0v) is 26.3. The number of fused-ring (bicyclic) bond motifs is 5. The van der Waals surface area contributed by atoms with Crippen molar-refractivity contribution >= 4 is 34.2 Å². The fourth-order valence-corrected chi connectivity index (χ4v) is 8.37. The molecule has 2 N–H and O–H groups in total. The van der Waals surface area contributed by atoms with Crippen LogP contribution in [0.25, 0.3) is 22.6 Å². The molecule has 0 unspecified atom stereocenters. The molecule has 0 saturated heterocycles. The summed E-state index contributed by atoms with van der Waals surface area (Å²) < 4.78 is 43.4. The Morgan fingerprint density at radius 2 is 1.75 bits per heavy atom. The third kappa shape index (κ3) is 4.30. The predicted octanol–water partition coefficient (Wildman–Crippen LogP) is 5.47. The van der Waals surface area contributed by atoms with Gasteiger partial charge in [-0.3, -0.25) is 0 Å². The number of nitriles is 1. The molecule has 0 bridgehead atoms. The first kappa shape index (κ1) is 30.5. The standard InChI is InChI=1S/C38H28ClF2N3O4/c1-47-35-33-30(17-31(39)44-35)48-38(25-13-11-21(20-42)12-14-25)32(22-7-3-2-4-8-22)27(34(45)37(33,38)46)16-24-18-36(40,41)19-29-26(24)15-23-9-5-6-10-28(23)43-29/h2-15,17,19,27,32,34,45-46H,16,18H2,1H3/t27-,32+,34+,37-,38-/m0/s1. The number of benzene rings is 3. The van der Waals surface area contributed by atoms with E-state index in [4.69, 9.17) is 21.1 Å². The molecule has 2 aromatic heterocycles. The van der Waals surface area contributed by atoms with Crippen LogP contribution in [0.5, 0.6) is 11.6 Å². The maximum absolute atomic E-state index is 15.5. The van der Waals surface area contributed by atoms with Gasteiger partial charge >= 0.3 is 0 Å². The molecule has 0 amide bonds. The van der Waals surface area contributed by atoms with Gasteiger partial charge in [-0.15, -0.1) is 0 Å². The smallest absolute Gasteiger partial charge is 0.272 e. The molecule has 10 heteroatoms. The number of pyridine rings is 2. The van der Waals surface area contributed by atoms with E-state index in [1.807, 2.05) is 54.6 Å². The van der Waals surface area contributed by atoms with Crippen LogP contribution in [0.4, 0.5) is 8.78 Å². The van der Waals surface area contributed by atoms with Gasteiger partial charge in [0.15, 0.2) is 11.2 Å². The van der Waals surface area contributed by atoms with Crippen molar-refractivity contribution in [2.75, 3.05) is 7.11 Å². The van der Waals surface area contributed by atoms with Gasteiger partial charge in [-0.05, 0) is 41.8 Å². The zero-order valence-electron chi connectivity index (χ0n) is 25.6. The van der Waals surface area contributed by atoms with E-state index in [1.54, 1.807) is 30.3 Å². The van der Waals surface area contributed by atoms with E-state index in [9.17, 15) is 15.5 Å². The lowest BCUT2D eigenvalue weighted by Gasteiger charge is -2.41. The van der Waals surface area contributed by atoms with Crippen molar-refractivity contribution in [3.8, 4) is 17.7 Å². The number of hydrogen-bond donors (Lipinski definition) is 2. The summed E-state index contributed by atoms with van der Waals surface area (Å²) in [6, 6.07) is 28.6. The average Bonchev–Trinajstić information content (AvgIpc) is 3.45. The van der Waals surface area contributed by atoms with E-state index in [1.165, 1.54) is 13.2 Å². The molecule has 1 saturated carbocycles. The Morgan fingerprint density at radius 3 is 2.48 bits per heavy atom. The van der Waals surface area contributed by atoms with E-state index in [-0.39, 0.29) is 34.1 Å². The number of alkyl halides is 2. The number of methoxy groups -OCH3 is 1. The molecule has 5 atom stereocenters. The molecule has 0 radical (unpaired) electrons. The highest BCUT2D eigenvalue weighted by molar-refractivity contribution is 6.29. The topological polar surface area (TPSA) is 108 Å². The second kappa shape index (κ2) is 10.8. The molecule has 8 rings (SSSR count). The highest BCUT2D eigenvalue weighted by atomic mass is 35.5. The van der Waals surface area contributed by atoms with Crippen LogP contribution in [-0.2, 0) is 11.2 Å². The van der Waals surface area contributed by atoms with Crippen LogP contribution in [0.1, 0.15) is 41.0 Å². The van der Waals surface area contributed by atoms with Crippen molar-refractivity contribution < 1.29 is 28.5 Å². The third-order valence-electron chi connectivity index (χ3n) is 10.0. The Bertz CT molecular complexity index is 2280. The molecule has 2 aliphatic carbocycles. The van der Waals surface area contributed by atoms with Crippen LogP contribution in [0.2, 0.25) is 5.15 Å². The van der Waals surface area contributed by atoms with Gasteiger partial charge in [0, 0.05) is 41.0 Å². The summed E-state index contributed by atoms with van der Waals surface area (Å²) in [5.74, 6) is -4.70. The fraction of sp³-hybridized carbons (Fsp3) is 0.237. The van der Waals surface area contributed by atoms with Gasteiger partial charge in [-0.1, -0.05) is 77.8 Å². The number of aliphatic hydroxyl groups is 2. The SMILES string of the molecule is COc1nc(Cl)cc2c1[C@]1(O)[C@H](O)[C@@H](CC3=c4cc5ccccc5nc4=CC(F)(F)C3)[C@@H](c3ccccc3)[C@]1(c1ccc(C#N)cc1)O2. The lowest BCUT2D eigenvalue weighted by Crippen LogP contribution is -2.52. The fourth-order valence-electron chi connectivity index (χ4n) is 8.19. The second-order valence-electron chi connectivity index (χ2n) is 12.6. The Balaban J connectivity index is 1.41. The van der Waals surface area contributed by atoms with Gasteiger partial charge in [-0.25, -0.2) is 18.7 Å². The van der Waals surface area contributed by atoms with Crippen molar-refractivity contribution in [2.24, 2.45) is 5.92 Å². The van der Waals surface area contributed by atoms with Crippen LogP contribution in [0.15, 0.2) is 91.0 Å². The lowest BCUT2D eigenvalue weighted by molar-refractivity contribution is -0.152. The molecular formula is C38H28ClF2N3O4. The summed E-state index contributed by atoms with van der Waals surface area (Å²) in [4.78, 5) is 8.89. The molecule has 7 nitrogen and oxygen atoms in total. The molecule has 1 fully saturated rings. The number of para-hydroxylation sites is 1. The summed E-state index contributed by atoms with van der Waals surface area (Å²) >= 11 is 6.37. The molecule has 48 heavy (non-hydrogen) atoms. The van der Waals surface area contributed by atoms with Crippen molar-refractivity contribution in [3.63, 3.8) is 0 Å². The van der Waals surface area contributed by atoms with Gasteiger partial charge < -0.3 is 19.7 Å². The van der Waals surface area contributed by atoms with Crippen LogP contribution in [0, 0.1) is 17.2 Å². The minimum absolute atomic E-state index is 0.0143. The minimum atomic E-state index is -3.19. The van der Waals surface area contributed by atoms with Crippen LogP contribution < -0.4 is 20.0 Å². The maximum atomic E-state index is 15.5. The molecular weight excluding hydrogens is 636 g/mol. The largest absolute Gasteiger partial charge is 0.481 e. The van der Waals surface area contributed by atoms with Crippen LogP contribution in [-0.4, -0.2) is 39.3 Å². The summed E-state index contributed by atoms with van der Waals surface area (Å²) in [6.07, 6.45) is -1.26. The number of rotatable bonds is 5. The maximum Gasteiger partial charge on any atom is 0.272 e. The zero-order chi connectivity index (χ0) is 33.4. The molecule has 240 valence electrons. The normalized spacial score (nSPS) is 26.5. The summed E-state index contributed by atoms with van der Waals surface area (Å²) in [6.45, 7) is 0. The van der Waals surface area contributed by atoms with Crippen LogP contribution in [0.3, 0.4) is 0 Å². The number of aromatic nitrogens is 2. The first-order valence-corrected chi connectivity index (χ1v) is 15.9. The van der Waals surface area contributed by atoms with E-state index >= 15 is 8.78 Å². The number of aliphatic hydroxyl groups excluding tert-OH is 1. The summed E-state index contributed by atoms with van der Waals surface area (Å²) in [5.41, 5.74) is -1.25. The van der Waals surface area contributed by atoms with E-state index < -0.39 is 41.5 Å².